The molecule has 27 heavy (non-hydrogen) atoms. The van der Waals surface area contributed by atoms with Crippen molar-refractivity contribution < 1.29 is 23.9 Å². The van der Waals surface area contributed by atoms with E-state index in [-0.39, 0.29) is 18.0 Å². The molecule has 0 aliphatic carbocycles. The van der Waals surface area contributed by atoms with E-state index in [2.05, 4.69) is 10.6 Å². The highest BCUT2D eigenvalue weighted by Gasteiger charge is 2.20. The van der Waals surface area contributed by atoms with Gasteiger partial charge in [-0.3, -0.25) is 9.59 Å². The third kappa shape index (κ3) is 6.14. The van der Waals surface area contributed by atoms with Gasteiger partial charge in [-0.1, -0.05) is 32.0 Å². The molecule has 0 radical (unpaired) electrons. The quantitative estimate of drug-likeness (QED) is 0.682. The van der Waals surface area contributed by atoms with Crippen molar-refractivity contribution >= 4 is 23.9 Å². The van der Waals surface area contributed by atoms with Crippen LogP contribution in [0.15, 0.2) is 58.8 Å². The van der Waals surface area contributed by atoms with Gasteiger partial charge in [-0.15, -0.1) is 0 Å². The number of carboxylic acids is 1. The van der Waals surface area contributed by atoms with Gasteiger partial charge in [0.15, 0.2) is 0 Å². The summed E-state index contributed by atoms with van der Waals surface area (Å²) < 4.78 is 5.18. The number of furan rings is 1. The molecular formula is C20H21N2O5-. The van der Waals surface area contributed by atoms with Crippen LogP contribution in [0.2, 0.25) is 0 Å². The first kappa shape index (κ1) is 20.0. The lowest BCUT2D eigenvalue weighted by Gasteiger charge is -2.22. The van der Waals surface area contributed by atoms with Crippen LogP contribution in [-0.4, -0.2) is 23.8 Å². The third-order valence-electron chi connectivity index (χ3n) is 3.66. The number of rotatable bonds is 8. The highest BCUT2D eigenvalue weighted by Crippen LogP contribution is 2.10. The topological polar surface area (TPSA) is 111 Å². The zero-order valence-electron chi connectivity index (χ0n) is 15.1. The summed E-state index contributed by atoms with van der Waals surface area (Å²) in [5.74, 6) is -2.27. The first-order chi connectivity index (χ1) is 12.9. The van der Waals surface area contributed by atoms with Crippen LogP contribution in [0, 0.1) is 5.92 Å². The number of hydrogen-bond donors (Lipinski definition) is 2. The maximum Gasteiger partial charge on any atom is 0.268 e. The maximum absolute atomic E-state index is 12.6. The van der Waals surface area contributed by atoms with E-state index in [4.69, 9.17) is 4.42 Å². The Morgan fingerprint density at radius 3 is 2.37 bits per heavy atom. The molecule has 2 N–H and O–H groups in total. The Bertz CT molecular complexity index is 810. The van der Waals surface area contributed by atoms with Crippen molar-refractivity contribution in [3.63, 3.8) is 0 Å². The first-order valence-electron chi connectivity index (χ1n) is 8.50. The number of carbonyl (C=O) groups excluding carboxylic acids is 3. The Morgan fingerprint density at radius 2 is 1.81 bits per heavy atom. The van der Waals surface area contributed by atoms with Crippen molar-refractivity contribution in [2.24, 2.45) is 5.92 Å². The second-order valence-corrected chi connectivity index (χ2v) is 6.37. The van der Waals surface area contributed by atoms with Crippen molar-refractivity contribution in [1.29, 1.82) is 0 Å². The predicted octanol–water partition coefficient (Wildman–Crippen LogP) is 1.33. The molecule has 0 aliphatic heterocycles. The lowest BCUT2D eigenvalue weighted by atomic mass is 10.0. The summed E-state index contributed by atoms with van der Waals surface area (Å²) in [5, 5.41) is 16.2. The number of hydrogen-bond acceptors (Lipinski definition) is 5. The summed E-state index contributed by atoms with van der Waals surface area (Å²) in [6.07, 6.45) is 2.95. The Balaban J connectivity index is 2.23. The number of nitrogens with one attached hydrogen (secondary N) is 2. The molecule has 2 aromatic rings. The summed E-state index contributed by atoms with van der Waals surface area (Å²) in [4.78, 5) is 36.3. The zero-order chi connectivity index (χ0) is 19.8. The molecular weight excluding hydrogens is 348 g/mol. The van der Waals surface area contributed by atoms with Gasteiger partial charge in [0, 0.05) is 11.6 Å². The van der Waals surface area contributed by atoms with Crippen molar-refractivity contribution in [3.8, 4) is 0 Å². The largest absolute Gasteiger partial charge is 0.548 e. The highest BCUT2D eigenvalue weighted by molar-refractivity contribution is 6.05. The van der Waals surface area contributed by atoms with Gasteiger partial charge in [0.1, 0.15) is 11.5 Å². The molecule has 1 heterocycles. The van der Waals surface area contributed by atoms with Crippen LogP contribution >= 0.6 is 0 Å². The van der Waals surface area contributed by atoms with Gasteiger partial charge in [-0.05, 0) is 36.6 Å². The molecule has 2 amide bonds. The minimum absolute atomic E-state index is 0.0320. The molecule has 0 fully saturated rings. The van der Waals surface area contributed by atoms with Gasteiger partial charge in [0.05, 0.1) is 18.3 Å². The lowest BCUT2D eigenvalue weighted by molar-refractivity contribution is -0.308. The van der Waals surface area contributed by atoms with Crippen LogP contribution in [0.5, 0.6) is 0 Å². The van der Waals surface area contributed by atoms with Gasteiger partial charge in [-0.2, -0.15) is 0 Å². The molecule has 1 aromatic carbocycles. The van der Waals surface area contributed by atoms with E-state index in [1.807, 2.05) is 13.8 Å². The molecule has 1 aromatic heterocycles. The Morgan fingerprint density at radius 1 is 1.11 bits per heavy atom. The monoisotopic (exact) mass is 369 g/mol. The van der Waals surface area contributed by atoms with Crippen LogP contribution in [0.3, 0.4) is 0 Å². The molecule has 2 rings (SSSR count). The normalized spacial score (nSPS) is 12.5. The van der Waals surface area contributed by atoms with Crippen molar-refractivity contribution in [2.45, 2.75) is 26.3 Å². The van der Waals surface area contributed by atoms with Crippen LogP contribution < -0.4 is 15.7 Å². The summed E-state index contributed by atoms with van der Waals surface area (Å²) in [6.45, 7) is 3.66. The van der Waals surface area contributed by atoms with Crippen molar-refractivity contribution in [1.82, 2.24) is 10.6 Å². The summed E-state index contributed by atoms with van der Waals surface area (Å²) in [6, 6.07) is 10.4. The average molecular weight is 369 g/mol. The molecule has 0 saturated heterocycles. The van der Waals surface area contributed by atoms with Crippen LogP contribution in [0.4, 0.5) is 0 Å². The predicted molar refractivity (Wildman–Crippen MR) is 97.0 cm³/mol. The van der Waals surface area contributed by atoms with Gasteiger partial charge < -0.3 is 25.0 Å². The average Bonchev–Trinajstić information content (AvgIpc) is 3.13. The fourth-order valence-electron chi connectivity index (χ4n) is 2.38. The molecule has 7 nitrogen and oxygen atoms in total. The number of carbonyl (C=O) groups is 3. The zero-order valence-corrected chi connectivity index (χ0v) is 15.1. The van der Waals surface area contributed by atoms with Gasteiger partial charge in [-0.25, -0.2) is 0 Å². The van der Waals surface area contributed by atoms with E-state index in [9.17, 15) is 19.5 Å². The van der Waals surface area contributed by atoms with E-state index in [0.717, 1.165) is 0 Å². The number of amides is 2. The Hall–Kier alpha value is -3.35. The van der Waals surface area contributed by atoms with E-state index < -0.39 is 23.8 Å². The van der Waals surface area contributed by atoms with Gasteiger partial charge in [0.25, 0.3) is 11.8 Å². The molecule has 7 heteroatoms. The maximum atomic E-state index is 12.6. The third-order valence-corrected chi connectivity index (χ3v) is 3.66. The summed E-state index contributed by atoms with van der Waals surface area (Å²) in [7, 11) is 0. The standard InChI is InChI=1S/C20H22N2O5/c1-13(2)11-17(20(25)26)22-19(24)16(12-15-9-6-10-27-15)21-18(23)14-7-4-3-5-8-14/h3-10,12-13,17H,11H2,1-2H3,(H,21,23)(H,22,24)(H,25,26)/p-1/t17-/m0/s1. The van der Waals surface area contributed by atoms with E-state index in [1.54, 1.807) is 42.5 Å². The van der Waals surface area contributed by atoms with Crippen molar-refractivity contribution in [3.05, 3.63) is 65.7 Å². The molecule has 0 bridgehead atoms. The summed E-state index contributed by atoms with van der Waals surface area (Å²) in [5.41, 5.74) is 0.225. The number of carboxylic acid groups (broad SMARTS) is 1. The van der Waals surface area contributed by atoms with E-state index in [1.165, 1.54) is 12.3 Å². The lowest BCUT2D eigenvalue weighted by Crippen LogP contribution is -2.50. The van der Waals surface area contributed by atoms with Crippen molar-refractivity contribution in [2.75, 3.05) is 0 Å². The highest BCUT2D eigenvalue weighted by atomic mass is 16.4. The summed E-state index contributed by atoms with van der Waals surface area (Å²) >= 11 is 0. The molecule has 0 unspecified atom stereocenters. The fourth-order valence-corrected chi connectivity index (χ4v) is 2.38. The SMILES string of the molecule is CC(C)C[C@H](NC(=O)C(=Cc1ccco1)NC(=O)c1ccccc1)C(=O)[O-]. The van der Waals surface area contributed by atoms with Crippen LogP contribution in [0.25, 0.3) is 6.08 Å². The second kappa shape index (κ2) is 9.38. The molecule has 0 aliphatic rings. The minimum Gasteiger partial charge on any atom is -0.548 e. The first-order valence-corrected chi connectivity index (χ1v) is 8.50. The minimum atomic E-state index is -1.39. The number of aliphatic carboxylic acids is 1. The molecule has 0 saturated carbocycles. The van der Waals surface area contributed by atoms with E-state index >= 15 is 0 Å². The Labute approximate surface area is 157 Å². The molecule has 142 valence electrons. The smallest absolute Gasteiger partial charge is 0.268 e. The van der Waals surface area contributed by atoms with Crippen LogP contribution in [0.1, 0.15) is 36.4 Å². The molecule has 1 atom stereocenters. The van der Waals surface area contributed by atoms with Gasteiger partial charge in [0.2, 0.25) is 0 Å². The van der Waals surface area contributed by atoms with E-state index in [0.29, 0.717) is 11.3 Å². The van der Waals surface area contributed by atoms with Gasteiger partial charge >= 0.3 is 0 Å². The number of benzene rings is 1. The molecule has 0 spiro atoms. The fraction of sp³-hybridized carbons (Fsp3) is 0.250. The van der Waals surface area contributed by atoms with Crippen LogP contribution in [-0.2, 0) is 9.59 Å². The Kier molecular flexibility index (Phi) is 6.93. The second-order valence-electron chi connectivity index (χ2n) is 6.37.